The molecule has 0 spiro atoms. The van der Waals surface area contributed by atoms with Gasteiger partial charge in [-0.2, -0.15) is 4.52 Å². The van der Waals surface area contributed by atoms with E-state index in [1.807, 2.05) is 36.5 Å². The maximum Gasteiger partial charge on any atom is 0.223 e. The number of para-hydroxylation sites is 1. The van der Waals surface area contributed by atoms with E-state index in [1.165, 1.54) is 12.8 Å². The Balaban J connectivity index is 1.46. The van der Waals surface area contributed by atoms with Crippen LogP contribution >= 0.6 is 0 Å². The van der Waals surface area contributed by atoms with E-state index < -0.39 is 0 Å². The first kappa shape index (κ1) is 19.5. The summed E-state index contributed by atoms with van der Waals surface area (Å²) in [6.45, 7) is 2.39. The molecule has 5 rings (SSSR count). The molecule has 160 valence electrons. The topological polar surface area (TPSA) is 104 Å². The SMILES string of the molecule is COc1ccc(CN(Cc2nc3c4cccc(OC)c4nc(N)n3n2)CC2CC2)cn1. The average Bonchev–Trinajstić information content (AvgIpc) is 3.49. The molecule has 0 amide bonds. The average molecular weight is 419 g/mol. The number of methoxy groups -OCH3 is 2. The Bertz CT molecular complexity index is 1220. The van der Waals surface area contributed by atoms with Gasteiger partial charge in [0.05, 0.1) is 20.8 Å². The van der Waals surface area contributed by atoms with Crippen LogP contribution in [0.15, 0.2) is 36.5 Å². The van der Waals surface area contributed by atoms with Crippen molar-refractivity contribution in [3.05, 3.63) is 47.9 Å². The molecule has 9 heteroatoms. The van der Waals surface area contributed by atoms with Crippen molar-refractivity contribution < 1.29 is 9.47 Å². The minimum atomic E-state index is 0.291. The van der Waals surface area contributed by atoms with Crippen LogP contribution in [0.4, 0.5) is 5.95 Å². The Hall–Kier alpha value is -3.46. The van der Waals surface area contributed by atoms with Crippen molar-refractivity contribution in [3.8, 4) is 11.6 Å². The van der Waals surface area contributed by atoms with E-state index in [2.05, 4.69) is 20.0 Å². The molecule has 31 heavy (non-hydrogen) atoms. The molecule has 4 aromatic rings. The second-order valence-corrected chi connectivity index (χ2v) is 7.91. The second kappa shape index (κ2) is 7.99. The van der Waals surface area contributed by atoms with E-state index in [0.29, 0.717) is 41.1 Å². The van der Waals surface area contributed by atoms with Crippen LogP contribution in [-0.2, 0) is 13.1 Å². The number of ether oxygens (including phenoxy) is 2. The molecule has 0 radical (unpaired) electrons. The van der Waals surface area contributed by atoms with Gasteiger partial charge in [0.2, 0.25) is 11.8 Å². The summed E-state index contributed by atoms with van der Waals surface area (Å²) in [5.41, 5.74) is 8.70. The van der Waals surface area contributed by atoms with Gasteiger partial charge in [0, 0.05) is 30.7 Å². The minimum Gasteiger partial charge on any atom is -0.494 e. The third kappa shape index (κ3) is 3.96. The van der Waals surface area contributed by atoms with Crippen molar-refractivity contribution >= 4 is 22.5 Å². The number of nitrogens with zero attached hydrogens (tertiary/aromatic N) is 6. The molecule has 9 nitrogen and oxygen atoms in total. The third-order valence-electron chi connectivity index (χ3n) is 5.55. The van der Waals surface area contributed by atoms with Crippen molar-refractivity contribution in [1.29, 1.82) is 0 Å². The molecule has 3 heterocycles. The molecule has 1 saturated carbocycles. The lowest BCUT2D eigenvalue weighted by Gasteiger charge is -2.20. The van der Waals surface area contributed by atoms with Gasteiger partial charge in [-0.15, -0.1) is 5.10 Å². The van der Waals surface area contributed by atoms with Crippen LogP contribution in [0.3, 0.4) is 0 Å². The highest BCUT2D eigenvalue weighted by molar-refractivity contribution is 5.95. The quantitative estimate of drug-likeness (QED) is 0.465. The fourth-order valence-electron chi connectivity index (χ4n) is 3.83. The number of hydrogen-bond donors (Lipinski definition) is 1. The standard InChI is InChI=1S/C22H25N7O2/c1-30-17-5-3-4-16-20(17)26-22(23)29-21(16)25-18(27-29)13-28(11-14-6-7-14)12-15-8-9-19(31-2)24-10-15/h3-5,8-10,14H,6-7,11-13H2,1-2H3,(H2,23,26). The molecular formula is C22H25N7O2. The van der Waals surface area contributed by atoms with Gasteiger partial charge >= 0.3 is 0 Å². The van der Waals surface area contributed by atoms with Crippen molar-refractivity contribution in [1.82, 2.24) is 29.5 Å². The molecule has 1 aromatic carbocycles. The van der Waals surface area contributed by atoms with Crippen molar-refractivity contribution in [2.45, 2.75) is 25.9 Å². The zero-order chi connectivity index (χ0) is 21.4. The van der Waals surface area contributed by atoms with Gasteiger partial charge in [-0.3, -0.25) is 4.90 Å². The highest BCUT2D eigenvalue weighted by atomic mass is 16.5. The highest BCUT2D eigenvalue weighted by Crippen LogP contribution is 2.31. The summed E-state index contributed by atoms with van der Waals surface area (Å²) in [6, 6.07) is 9.68. The summed E-state index contributed by atoms with van der Waals surface area (Å²) in [5, 5.41) is 5.52. The smallest absolute Gasteiger partial charge is 0.223 e. The monoisotopic (exact) mass is 419 g/mol. The lowest BCUT2D eigenvalue weighted by molar-refractivity contribution is 0.239. The number of fused-ring (bicyclic) bond motifs is 3. The summed E-state index contributed by atoms with van der Waals surface area (Å²) in [6.07, 6.45) is 4.41. The van der Waals surface area contributed by atoms with Gasteiger partial charge in [0.25, 0.3) is 0 Å². The van der Waals surface area contributed by atoms with Gasteiger partial charge in [-0.25, -0.2) is 15.0 Å². The van der Waals surface area contributed by atoms with Crippen LogP contribution < -0.4 is 15.2 Å². The Labute approximate surface area is 179 Å². The number of rotatable bonds is 8. The normalized spacial score (nSPS) is 13.9. The first-order valence-corrected chi connectivity index (χ1v) is 10.3. The third-order valence-corrected chi connectivity index (χ3v) is 5.55. The fraction of sp³-hybridized carbons (Fsp3) is 0.364. The van der Waals surface area contributed by atoms with E-state index in [4.69, 9.17) is 20.2 Å². The summed E-state index contributed by atoms with van der Waals surface area (Å²) < 4.78 is 12.2. The zero-order valence-corrected chi connectivity index (χ0v) is 17.7. The largest absolute Gasteiger partial charge is 0.494 e. The van der Waals surface area contributed by atoms with Crippen LogP contribution in [0.2, 0.25) is 0 Å². The minimum absolute atomic E-state index is 0.291. The number of aromatic nitrogens is 5. The first-order chi connectivity index (χ1) is 15.1. The number of benzene rings is 1. The van der Waals surface area contributed by atoms with E-state index in [1.54, 1.807) is 18.7 Å². The van der Waals surface area contributed by atoms with Crippen LogP contribution in [0.1, 0.15) is 24.2 Å². The Morgan fingerprint density at radius 1 is 1.10 bits per heavy atom. The molecular weight excluding hydrogens is 394 g/mol. The number of hydrogen-bond acceptors (Lipinski definition) is 8. The maximum atomic E-state index is 6.19. The maximum absolute atomic E-state index is 6.19. The van der Waals surface area contributed by atoms with Gasteiger partial charge in [-0.1, -0.05) is 12.1 Å². The summed E-state index contributed by atoms with van der Waals surface area (Å²) in [5.74, 6) is 3.02. The van der Waals surface area contributed by atoms with Gasteiger partial charge in [0.15, 0.2) is 11.5 Å². The molecule has 1 fully saturated rings. The van der Waals surface area contributed by atoms with Crippen LogP contribution in [-0.4, -0.2) is 50.2 Å². The Kier molecular flexibility index (Phi) is 5.03. The molecule has 0 saturated heterocycles. The van der Waals surface area contributed by atoms with Gasteiger partial charge < -0.3 is 15.2 Å². The van der Waals surface area contributed by atoms with Crippen LogP contribution in [0.5, 0.6) is 11.6 Å². The molecule has 3 aromatic heterocycles. The van der Waals surface area contributed by atoms with E-state index >= 15 is 0 Å². The van der Waals surface area contributed by atoms with Crippen molar-refractivity contribution in [3.63, 3.8) is 0 Å². The Morgan fingerprint density at radius 2 is 1.97 bits per heavy atom. The predicted molar refractivity (Wildman–Crippen MR) is 117 cm³/mol. The summed E-state index contributed by atoms with van der Waals surface area (Å²) >= 11 is 0. The molecule has 2 N–H and O–H groups in total. The van der Waals surface area contributed by atoms with E-state index in [9.17, 15) is 0 Å². The number of anilines is 1. The lowest BCUT2D eigenvalue weighted by atomic mass is 10.2. The number of pyridine rings is 1. The van der Waals surface area contributed by atoms with Crippen LogP contribution in [0.25, 0.3) is 16.6 Å². The predicted octanol–water partition coefficient (Wildman–Crippen LogP) is 2.68. The molecule has 0 bridgehead atoms. The molecule has 0 atom stereocenters. The van der Waals surface area contributed by atoms with Gasteiger partial charge in [-0.05, 0) is 36.5 Å². The van der Waals surface area contributed by atoms with E-state index in [-0.39, 0.29) is 0 Å². The Morgan fingerprint density at radius 3 is 2.68 bits per heavy atom. The molecule has 0 unspecified atom stereocenters. The number of nitrogen functional groups attached to an aromatic ring is 1. The zero-order valence-electron chi connectivity index (χ0n) is 17.7. The number of nitrogens with two attached hydrogens (primary N) is 1. The second-order valence-electron chi connectivity index (χ2n) is 7.91. The van der Waals surface area contributed by atoms with Crippen molar-refractivity contribution in [2.24, 2.45) is 5.92 Å². The summed E-state index contributed by atoms with van der Waals surface area (Å²) in [7, 11) is 3.24. The summed E-state index contributed by atoms with van der Waals surface area (Å²) in [4.78, 5) is 16.0. The first-order valence-electron chi connectivity index (χ1n) is 10.3. The molecule has 1 aliphatic rings. The molecule has 1 aliphatic carbocycles. The highest BCUT2D eigenvalue weighted by Gasteiger charge is 2.25. The van der Waals surface area contributed by atoms with Crippen LogP contribution in [0, 0.1) is 5.92 Å². The molecule has 0 aliphatic heterocycles. The van der Waals surface area contributed by atoms with E-state index in [0.717, 1.165) is 30.0 Å². The lowest BCUT2D eigenvalue weighted by Crippen LogP contribution is -2.26. The fourth-order valence-corrected chi connectivity index (χ4v) is 3.83. The van der Waals surface area contributed by atoms with Crippen molar-refractivity contribution in [2.75, 3.05) is 26.5 Å². The van der Waals surface area contributed by atoms with Gasteiger partial charge in [0.1, 0.15) is 11.3 Å².